The summed E-state index contributed by atoms with van der Waals surface area (Å²) < 4.78 is 15.3. The van der Waals surface area contributed by atoms with Crippen LogP contribution >= 0.6 is 11.3 Å². The summed E-state index contributed by atoms with van der Waals surface area (Å²) in [6, 6.07) is 12.8. The van der Waals surface area contributed by atoms with Crippen molar-refractivity contribution in [1.29, 1.82) is 0 Å². The van der Waals surface area contributed by atoms with Crippen molar-refractivity contribution < 1.29 is 14.0 Å². The monoisotopic (exact) mass is 503 g/mol. The molecular formula is C27H26FN5O2S. The van der Waals surface area contributed by atoms with E-state index in [0.717, 1.165) is 35.1 Å². The van der Waals surface area contributed by atoms with Gasteiger partial charge in [-0.25, -0.2) is 9.37 Å². The molecule has 2 aromatic heterocycles. The van der Waals surface area contributed by atoms with Gasteiger partial charge in [0.1, 0.15) is 5.82 Å². The van der Waals surface area contributed by atoms with Crippen molar-refractivity contribution in [2.45, 2.75) is 25.4 Å². The first kappa shape index (κ1) is 22.9. The molecule has 1 unspecified atom stereocenters. The Balaban J connectivity index is 1.08. The van der Waals surface area contributed by atoms with Crippen molar-refractivity contribution in [3.8, 4) is 5.69 Å². The quantitative estimate of drug-likeness (QED) is 0.449. The molecular weight excluding hydrogens is 477 g/mol. The lowest BCUT2D eigenvalue weighted by atomic mass is 10.0. The van der Waals surface area contributed by atoms with E-state index in [1.165, 1.54) is 23.5 Å². The summed E-state index contributed by atoms with van der Waals surface area (Å²) in [5.74, 6) is -0.233. The van der Waals surface area contributed by atoms with Crippen LogP contribution in [0, 0.1) is 12.7 Å². The second kappa shape index (κ2) is 9.15. The molecule has 2 aromatic carbocycles. The van der Waals surface area contributed by atoms with E-state index in [2.05, 4.69) is 10.3 Å². The number of carbonyl (C=O) groups is 2. The lowest BCUT2D eigenvalue weighted by Gasteiger charge is -2.41. The van der Waals surface area contributed by atoms with E-state index in [0.29, 0.717) is 30.2 Å². The van der Waals surface area contributed by atoms with E-state index < -0.39 is 0 Å². The third-order valence-electron chi connectivity index (χ3n) is 7.10. The zero-order chi connectivity index (χ0) is 24.8. The van der Waals surface area contributed by atoms with Gasteiger partial charge in [0.2, 0.25) is 0 Å². The Bertz CT molecular complexity index is 1430. The minimum Gasteiger partial charge on any atom is -0.335 e. The maximum absolute atomic E-state index is 13.3. The predicted octanol–water partition coefficient (Wildman–Crippen LogP) is 3.86. The molecule has 2 fully saturated rings. The van der Waals surface area contributed by atoms with E-state index in [4.69, 9.17) is 0 Å². The van der Waals surface area contributed by atoms with E-state index in [1.54, 1.807) is 18.3 Å². The van der Waals surface area contributed by atoms with Crippen molar-refractivity contribution in [1.82, 2.24) is 24.7 Å². The fourth-order valence-corrected chi connectivity index (χ4v) is 5.74. The molecule has 0 spiro atoms. The lowest BCUT2D eigenvalue weighted by Crippen LogP contribution is -2.62. The standard InChI is InChI=1S/C27H26FN5O2S/c1-17-12-24-18(6-10-33(24)22-4-2-19(28)3-5-22)13-23(17)26(34)32-15-21(16-32)30-20-7-9-31(14-20)27(35)25-29-8-11-36-25/h2-6,8,10-13,20-21,30H,7,9,14-16H2,1H3. The lowest BCUT2D eigenvalue weighted by molar-refractivity contribution is 0.0552. The number of benzene rings is 2. The Morgan fingerprint density at radius 3 is 2.56 bits per heavy atom. The number of hydrogen-bond donors (Lipinski definition) is 1. The Kier molecular flexibility index (Phi) is 5.81. The van der Waals surface area contributed by atoms with Gasteiger partial charge < -0.3 is 19.7 Å². The molecule has 2 amide bonds. The largest absolute Gasteiger partial charge is 0.335 e. The van der Waals surface area contributed by atoms with Crippen molar-refractivity contribution in [2.75, 3.05) is 26.2 Å². The number of nitrogens with one attached hydrogen (secondary N) is 1. The number of nitrogens with zero attached hydrogens (tertiary/aromatic N) is 4. The normalized spacial score (nSPS) is 18.1. The van der Waals surface area contributed by atoms with Crippen molar-refractivity contribution in [2.24, 2.45) is 0 Å². The summed E-state index contributed by atoms with van der Waals surface area (Å²) in [5, 5.41) is 6.95. The van der Waals surface area contributed by atoms with Gasteiger partial charge in [0.25, 0.3) is 11.8 Å². The second-order valence-electron chi connectivity index (χ2n) is 9.54. The molecule has 4 aromatic rings. The first-order valence-corrected chi connectivity index (χ1v) is 13.0. The van der Waals surface area contributed by atoms with Crippen LogP contribution in [-0.4, -0.2) is 69.4 Å². The first-order valence-electron chi connectivity index (χ1n) is 12.1. The van der Waals surface area contributed by atoms with Gasteiger partial charge in [-0.2, -0.15) is 0 Å². The highest BCUT2D eigenvalue weighted by molar-refractivity contribution is 7.11. The number of aryl methyl sites for hydroxylation is 1. The Morgan fingerprint density at radius 1 is 1.03 bits per heavy atom. The van der Waals surface area contributed by atoms with Crippen LogP contribution in [0.15, 0.2) is 60.2 Å². The van der Waals surface area contributed by atoms with Gasteiger partial charge in [-0.1, -0.05) is 0 Å². The minimum absolute atomic E-state index is 0.00107. The van der Waals surface area contributed by atoms with Gasteiger partial charge in [0.15, 0.2) is 5.01 Å². The Hall–Kier alpha value is -3.56. The summed E-state index contributed by atoms with van der Waals surface area (Å²) in [6.07, 6.45) is 4.51. The molecule has 1 N–H and O–H groups in total. The maximum atomic E-state index is 13.3. The number of fused-ring (bicyclic) bond motifs is 1. The molecule has 184 valence electrons. The average Bonchev–Trinajstić information content (AvgIpc) is 3.61. The van der Waals surface area contributed by atoms with E-state index in [-0.39, 0.29) is 29.7 Å². The molecule has 0 bridgehead atoms. The molecule has 36 heavy (non-hydrogen) atoms. The number of aromatic nitrogens is 2. The van der Waals surface area contributed by atoms with Crippen LogP contribution in [0.25, 0.3) is 16.6 Å². The minimum atomic E-state index is -0.268. The smallest absolute Gasteiger partial charge is 0.282 e. The molecule has 6 rings (SSSR count). The summed E-state index contributed by atoms with van der Waals surface area (Å²) in [4.78, 5) is 33.6. The molecule has 0 radical (unpaired) electrons. The highest BCUT2D eigenvalue weighted by atomic mass is 32.1. The van der Waals surface area contributed by atoms with Crippen molar-refractivity contribution in [3.05, 3.63) is 82.2 Å². The summed E-state index contributed by atoms with van der Waals surface area (Å²) in [5.41, 5.74) is 3.48. The van der Waals surface area contributed by atoms with Crippen LogP contribution in [0.1, 0.15) is 32.1 Å². The van der Waals surface area contributed by atoms with Crippen LogP contribution in [0.4, 0.5) is 4.39 Å². The molecule has 2 aliphatic rings. The van der Waals surface area contributed by atoms with Gasteiger partial charge in [0.05, 0.1) is 5.52 Å². The van der Waals surface area contributed by atoms with E-state index in [9.17, 15) is 14.0 Å². The molecule has 2 aliphatic heterocycles. The summed E-state index contributed by atoms with van der Waals surface area (Å²) in [6.45, 7) is 4.66. The topological polar surface area (TPSA) is 70.5 Å². The second-order valence-corrected chi connectivity index (χ2v) is 10.4. The van der Waals surface area contributed by atoms with Gasteiger partial charge >= 0.3 is 0 Å². The number of hydrogen-bond acceptors (Lipinski definition) is 5. The van der Waals surface area contributed by atoms with Crippen LogP contribution in [-0.2, 0) is 0 Å². The van der Waals surface area contributed by atoms with Gasteiger partial charge in [0, 0.05) is 72.7 Å². The van der Waals surface area contributed by atoms with Crippen LogP contribution < -0.4 is 5.32 Å². The van der Waals surface area contributed by atoms with Gasteiger partial charge in [-0.05, 0) is 61.4 Å². The molecule has 0 saturated carbocycles. The fraction of sp³-hybridized carbons (Fsp3) is 0.296. The zero-order valence-electron chi connectivity index (χ0n) is 19.9. The van der Waals surface area contributed by atoms with Gasteiger partial charge in [-0.15, -0.1) is 11.3 Å². The number of thiazole rings is 1. The number of rotatable bonds is 5. The maximum Gasteiger partial charge on any atom is 0.282 e. The number of amides is 2. The average molecular weight is 504 g/mol. The molecule has 7 nitrogen and oxygen atoms in total. The van der Waals surface area contributed by atoms with Crippen LogP contribution in [0.2, 0.25) is 0 Å². The van der Waals surface area contributed by atoms with E-state index >= 15 is 0 Å². The number of carbonyl (C=O) groups excluding carboxylic acids is 2. The van der Waals surface area contributed by atoms with E-state index in [1.807, 2.05) is 51.1 Å². The van der Waals surface area contributed by atoms with Crippen molar-refractivity contribution in [3.63, 3.8) is 0 Å². The third kappa shape index (κ3) is 4.18. The molecule has 4 heterocycles. The Labute approximate surface area is 212 Å². The zero-order valence-corrected chi connectivity index (χ0v) is 20.7. The SMILES string of the molecule is Cc1cc2c(ccn2-c2ccc(F)cc2)cc1C(=O)N1CC(NC2CCN(C(=O)c3nccs3)C2)C1. The van der Waals surface area contributed by atoms with Crippen molar-refractivity contribution >= 4 is 34.1 Å². The molecule has 0 aliphatic carbocycles. The molecule has 2 saturated heterocycles. The number of likely N-dealkylation sites (tertiary alicyclic amines) is 2. The fourth-order valence-electron chi connectivity index (χ4n) is 5.14. The highest BCUT2D eigenvalue weighted by Gasteiger charge is 2.36. The predicted molar refractivity (Wildman–Crippen MR) is 137 cm³/mol. The van der Waals surface area contributed by atoms with Gasteiger partial charge in [-0.3, -0.25) is 9.59 Å². The van der Waals surface area contributed by atoms with Crippen LogP contribution in [0.5, 0.6) is 0 Å². The summed E-state index contributed by atoms with van der Waals surface area (Å²) in [7, 11) is 0. The first-order chi connectivity index (χ1) is 17.5. The summed E-state index contributed by atoms with van der Waals surface area (Å²) >= 11 is 1.37. The van der Waals surface area contributed by atoms with Crippen LogP contribution in [0.3, 0.4) is 0 Å². The highest BCUT2D eigenvalue weighted by Crippen LogP contribution is 2.27. The Morgan fingerprint density at radius 2 is 1.81 bits per heavy atom. The number of halogens is 1. The molecule has 1 atom stereocenters. The molecule has 9 heteroatoms. The third-order valence-corrected chi connectivity index (χ3v) is 7.86.